The average Bonchev–Trinajstić information content (AvgIpc) is 2.62. The van der Waals surface area contributed by atoms with Gasteiger partial charge in [0.1, 0.15) is 0 Å². The van der Waals surface area contributed by atoms with Gasteiger partial charge in [0.25, 0.3) is 0 Å². The summed E-state index contributed by atoms with van der Waals surface area (Å²) < 4.78 is 12.5. The molecule has 25 heavy (non-hydrogen) atoms. The summed E-state index contributed by atoms with van der Waals surface area (Å²) in [4.78, 5) is 2.20. The topological polar surface area (TPSA) is 12.5 Å². The third-order valence-corrected chi connectivity index (χ3v) is 20.9. The van der Waals surface area contributed by atoms with E-state index in [9.17, 15) is 0 Å². The first-order valence-electron chi connectivity index (χ1n) is 10.5. The molecule has 1 aromatic rings. The second-order valence-corrected chi connectivity index (χ2v) is 20.9. The Morgan fingerprint density at radius 1 is 0.840 bits per heavy atom. The zero-order chi connectivity index (χ0) is 18.5. The van der Waals surface area contributed by atoms with E-state index < -0.39 is 18.4 Å². The SMILES string of the molecule is CCC[CH2][Sn]([CH2]CCC)([CH2]CCC)[c]1ccccc1OCCN(C)C. The first-order valence-corrected chi connectivity index (χ1v) is 17.9. The summed E-state index contributed by atoms with van der Waals surface area (Å²) in [6, 6.07) is 9.08. The van der Waals surface area contributed by atoms with E-state index >= 15 is 0 Å². The Labute approximate surface area is 161 Å². The van der Waals surface area contributed by atoms with E-state index in [0.29, 0.717) is 0 Å². The molecule has 0 aliphatic heterocycles. The van der Waals surface area contributed by atoms with Crippen LogP contribution in [0.2, 0.25) is 13.3 Å². The van der Waals surface area contributed by atoms with Crippen LogP contribution in [0, 0.1) is 0 Å². The molecular weight excluding hydrogens is 413 g/mol. The standard InChI is InChI=1S/C10H14NO.3C4H9.Sn/c1-11(2)8-9-12-10-6-4-3-5-7-10;3*1-3-4-2;/h3-6H,8-9H2,1-2H3;3*1,3-4H2,2H3;. The van der Waals surface area contributed by atoms with Crippen LogP contribution in [0.3, 0.4) is 0 Å². The molecule has 0 amide bonds. The number of nitrogens with zero attached hydrogens (tertiary/aromatic N) is 1. The molecule has 0 aromatic heterocycles. The molecule has 0 aliphatic carbocycles. The van der Waals surface area contributed by atoms with Crippen molar-refractivity contribution in [2.45, 2.75) is 72.6 Å². The van der Waals surface area contributed by atoms with Crippen molar-refractivity contribution in [1.29, 1.82) is 0 Å². The maximum absolute atomic E-state index is 6.30. The number of rotatable bonds is 14. The van der Waals surface area contributed by atoms with Gasteiger partial charge in [0.15, 0.2) is 0 Å². The van der Waals surface area contributed by atoms with Crippen LogP contribution in [0.1, 0.15) is 59.3 Å². The molecule has 0 atom stereocenters. The quantitative estimate of drug-likeness (QED) is 0.336. The van der Waals surface area contributed by atoms with Gasteiger partial charge in [-0.3, -0.25) is 0 Å². The maximum atomic E-state index is 6.30. The monoisotopic (exact) mass is 455 g/mol. The van der Waals surface area contributed by atoms with Gasteiger partial charge in [-0.1, -0.05) is 0 Å². The van der Waals surface area contributed by atoms with Gasteiger partial charge >= 0.3 is 161 Å². The summed E-state index contributed by atoms with van der Waals surface area (Å²) in [6.45, 7) is 8.80. The first kappa shape index (κ1) is 22.8. The van der Waals surface area contributed by atoms with Gasteiger partial charge in [-0.15, -0.1) is 0 Å². The molecular formula is C22H41NOSn. The number of likely N-dealkylation sites (N-methyl/N-ethyl adjacent to an activating group) is 1. The van der Waals surface area contributed by atoms with Crippen molar-refractivity contribution in [3.8, 4) is 5.75 Å². The normalized spacial score (nSPS) is 11.9. The van der Waals surface area contributed by atoms with Crippen molar-refractivity contribution in [1.82, 2.24) is 4.90 Å². The van der Waals surface area contributed by atoms with Crippen molar-refractivity contribution < 1.29 is 4.74 Å². The Hall–Kier alpha value is -0.221. The molecule has 0 aliphatic rings. The van der Waals surface area contributed by atoms with Gasteiger partial charge in [-0.05, 0) is 0 Å². The van der Waals surface area contributed by atoms with Crippen LogP contribution < -0.4 is 8.32 Å². The van der Waals surface area contributed by atoms with Gasteiger partial charge in [-0.2, -0.15) is 0 Å². The van der Waals surface area contributed by atoms with E-state index in [1.807, 2.05) is 0 Å². The zero-order valence-corrected chi connectivity index (χ0v) is 20.3. The van der Waals surface area contributed by atoms with Crippen molar-refractivity contribution in [2.75, 3.05) is 27.2 Å². The van der Waals surface area contributed by atoms with E-state index in [1.54, 1.807) is 3.58 Å². The van der Waals surface area contributed by atoms with Gasteiger partial charge in [0.05, 0.1) is 0 Å². The number of unbranched alkanes of at least 4 members (excludes halogenated alkanes) is 3. The van der Waals surface area contributed by atoms with Crippen LogP contribution >= 0.6 is 0 Å². The fraction of sp³-hybridized carbons (Fsp3) is 0.727. The van der Waals surface area contributed by atoms with Crippen LogP contribution in [0.25, 0.3) is 0 Å². The van der Waals surface area contributed by atoms with Gasteiger partial charge < -0.3 is 0 Å². The second-order valence-electron chi connectivity index (χ2n) is 7.74. The molecule has 0 radical (unpaired) electrons. The Morgan fingerprint density at radius 3 is 1.84 bits per heavy atom. The average molecular weight is 454 g/mol. The summed E-state index contributed by atoms with van der Waals surface area (Å²) in [5.74, 6) is 1.21. The zero-order valence-electron chi connectivity index (χ0n) is 17.4. The van der Waals surface area contributed by atoms with E-state index in [1.165, 1.54) is 57.6 Å². The Bertz CT molecular complexity index is 439. The van der Waals surface area contributed by atoms with Crippen molar-refractivity contribution >= 4 is 22.0 Å². The molecule has 3 heteroatoms. The van der Waals surface area contributed by atoms with Crippen LogP contribution in [0.15, 0.2) is 24.3 Å². The van der Waals surface area contributed by atoms with Gasteiger partial charge in [0.2, 0.25) is 0 Å². The van der Waals surface area contributed by atoms with Crippen molar-refractivity contribution in [3.05, 3.63) is 24.3 Å². The number of hydrogen-bond donors (Lipinski definition) is 0. The Morgan fingerprint density at radius 2 is 1.36 bits per heavy atom. The van der Waals surface area contributed by atoms with Crippen LogP contribution in [0.4, 0.5) is 0 Å². The molecule has 0 N–H and O–H groups in total. The van der Waals surface area contributed by atoms with E-state index in [-0.39, 0.29) is 0 Å². The molecule has 0 bridgehead atoms. The second kappa shape index (κ2) is 13.0. The minimum atomic E-state index is -2.41. The third kappa shape index (κ3) is 7.90. The molecule has 0 heterocycles. The molecule has 1 rings (SSSR count). The molecule has 0 fully saturated rings. The Kier molecular flexibility index (Phi) is 11.9. The predicted molar refractivity (Wildman–Crippen MR) is 115 cm³/mol. The molecule has 0 saturated heterocycles. The third-order valence-electron chi connectivity index (χ3n) is 5.28. The summed E-state index contributed by atoms with van der Waals surface area (Å²) in [5.41, 5.74) is 0. The predicted octanol–water partition coefficient (Wildman–Crippen LogP) is 5.68. The molecule has 0 unspecified atom stereocenters. The van der Waals surface area contributed by atoms with E-state index in [4.69, 9.17) is 4.74 Å². The minimum absolute atomic E-state index is 0.793. The molecule has 0 saturated carbocycles. The van der Waals surface area contributed by atoms with Gasteiger partial charge in [-0.25, -0.2) is 0 Å². The molecule has 144 valence electrons. The number of hydrogen-bond acceptors (Lipinski definition) is 2. The van der Waals surface area contributed by atoms with Gasteiger partial charge in [0, 0.05) is 0 Å². The first-order chi connectivity index (χ1) is 12.1. The summed E-state index contributed by atoms with van der Waals surface area (Å²) in [6.07, 6.45) is 8.16. The van der Waals surface area contributed by atoms with Crippen LogP contribution in [0.5, 0.6) is 5.75 Å². The van der Waals surface area contributed by atoms with Crippen molar-refractivity contribution in [2.24, 2.45) is 0 Å². The molecule has 0 spiro atoms. The summed E-state index contributed by atoms with van der Waals surface area (Å²) >= 11 is -2.41. The molecule has 1 aromatic carbocycles. The van der Waals surface area contributed by atoms with Crippen molar-refractivity contribution in [3.63, 3.8) is 0 Å². The fourth-order valence-electron chi connectivity index (χ4n) is 3.69. The summed E-state index contributed by atoms with van der Waals surface area (Å²) in [5, 5.41) is 0. The van der Waals surface area contributed by atoms with E-state index in [2.05, 4.69) is 64.0 Å². The van der Waals surface area contributed by atoms with Crippen LogP contribution in [-0.2, 0) is 0 Å². The number of benzene rings is 1. The fourth-order valence-corrected chi connectivity index (χ4v) is 20.2. The molecule has 2 nitrogen and oxygen atoms in total. The van der Waals surface area contributed by atoms with Crippen LogP contribution in [-0.4, -0.2) is 50.5 Å². The summed E-state index contributed by atoms with van der Waals surface area (Å²) in [7, 11) is 4.23. The van der Waals surface area contributed by atoms with E-state index in [0.717, 1.165) is 13.2 Å². The Balaban J connectivity index is 3.12. The number of para-hydroxylation sites is 1. The number of ether oxygens (including phenoxy) is 1.